The van der Waals surface area contributed by atoms with Gasteiger partial charge in [-0.05, 0) is 24.3 Å². The molecule has 0 radical (unpaired) electrons. The lowest BCUT2D eigenvalue weighted by atomic mass is 9.98. The van der Waals surface area contributed by atoms with Gasteiger partial charge in [0, 0.05) is 37.8 Å². The predicted molar refractivity (Wildman–Crippen MR) is 97.6 cm³/mol. The number of aromatic nitrogens is 3. The number of carbonyl (C=O) groups excluding carboxylic acids is 2. The van der Waals surface area contributed by atoms with E-state index in [-0.39, 0.29) is 12.2 Å². The average molecular weight is 379 g/mol. The molecule has 1 aliphatic rings. The fraction of sp³-hybridized carbons (Fsp3) is 0.211. The summed E-state index contributed by atoms with van der Waals surface area (Å²) in [6.07, 6.45) is 1.71. The van der Waals surface area contributed by atoms with Crippen molar-refractivity contribution in [2.75, 3.05) is 13.6 Å². The minimum atomic E-state index is -1.71. The molecule has 3 aromatic rings. The Balaban J connectivity index is 1.68. The van der Waals surface area contributed by atoms with Gasteiger partial charge >= 0.3 is 0 Å². The van der Waals surface area contributed by atoms with Crippen molar-refractivity contribution in [1.82, 2.24) is 20.0 Å². The molecule has 1 saturated heterocycles. The molecule has 0 aliphatic carbocycles. The minimum Gasteiger partial charge on any atom is -0.373 e. The van der Waals surface area contributed by atoms with Crippen LogP contribution >= 0.6 is 0 Å². The van der Waals surface area contributed by atoms with Gasteiger partial charge in [-0.25, -0.2) is 4.98 Å². The van der Waals surface area contributed by atoms with Crippen molar-refractivity contribution in [2.45, 2.75) is 12.0 Å². The van der Waals surface area contributed by atoms with E-state index in [4.69, 9.17) is 10.3 Å². The van der Waals surface area contributed by atoms with E-state index < -0.39 is 17.4 Å². The minimum absolute atomic E-state index is 0.0814. The molecule has 3 aromatic heterocycles. The summed E-state index contributed by atoms with van der Waals surface area (Å²) in [5, 5.41) is 14.6. The largest absolute Gasteiger partial charge is 0.373 e. The first-order valence-corrected chi connectivity index (χ1v) is 8.57. The zero-order valence-corrected chi connectivity index (χ0v) is 15.0. The van der Waals surface area contributed by atoms with Crippen LogP contribution in [-0.2, 0) is 10.4 Å². The SMILES string of the molecule is CN1CCC(O)(c2cc(-c3cccc(-c4cc(C(N)=O)ccn4)n3)no2)C1=O. The van der Waals surface area contributed by atoms with E-state index >= 15 is 0 Å². The Morgan fingerprint density at radius 1 is 1.21 bits per heavy atom. The van der Waals surface area contributed by atoms with Gasteiger partial charge < -0.3 is 20.3 Å². The Bertz CT molecular complexity index is 1080. The van der Waals surface area contributed by atoms with Crippen molar-refractivity contribution < 1.29 is 19.2 Å². The molecular formula is C19H17N5O4. The van der Waals surface area contributed by atoms with E-state index in [1.165, 1.54) is 23.2 Å². The third-order valence-electron chi connectivity index (χ3n) is 4.75. The molecule has 4 heterocycles. The molecule has 2 amide bonds. The second-order valence-corrected chi connectivity index (χ2v) is 6.62. The van der Waals surface area contributed by atoms with Gasteiger partial charge in [-0.3, -0.25) is 14.6 Å². The van der Waals surface area contributed by atoms with Gasteiger partial charge in [-0.1, -0.05) is 11.2 Å². The van der Waals surface area contributed by atoms with Crippen LogP contribution in [0.1, 0.15) is 22.5 Å². The summed E-state index contributed by atoms with van der Waals surface area (Å²) in [5.41, 5.74) is 5.77. The zero-order valence-electron chi connectivity index (χ0n) is 15.0. The highest BCUT2D eigenvalue weighted by Gasteiger charge is 2.48. The second-order valence-electron chi connectivity index (χ2n) is 6.62. The summed E-state index contributed by atoms with van der Waals surface area (Å²) in [5.74, 6) is -0.900. The van der Waals surface area contributed by atoms with Crippen molar-refractivity contribution in [3.63, 3.8) is 0 Å². The molecule has 1 aliphatic heterocycles. The molecule has 0 spiro atoms. The molecule has 3 N–H and O–H groups in total. The molecule has 142 valence electrons. The standard InChI is InChI=1S/C19H17N5O4/c1-24-8-6-19(27,18(24)26)16-10-15(23-28-16)13-4-2-3-12(22-13)14-9-11(17(20)25)5-7-21-14/h2-5,7,9-10,27H,6,8H2,1H3,(H2,20,25). The Labute approximate surface area is 159 Å². The molecule has 4 rings (SSSR count). The first-order valence-electron chi connectivity index (χ1n) is 8.57. The van der Waals surface area contributed by atoms with Gasteiger partial charge in [0.1, 0.15) is 5.69 Å². The Morgan fingerprint density at radius 2 is 1.96 bits per heavy atom. The van der Waals surface area contributed by atoms with Crippen LogP contribution in [0.4, 0.5) is 0 Å². The number of hydrogen-bond acceptors (Lipinski definition) is 7. The summed E-state index contributed by atoms with van der Waals surface area (Å²) in [7, 11) is 1.62. The van der Waals surface area contributed by atoms with E-state index in [2.05, 4.69) is 15.1 Å². The number of amides is 2. The van der Waals surface area contributed by atoms with Crippen molar-refractivity contribution in [3.05, 3.63) is 53.9 Å². The number of likely N-dealkylation sites (N-methyl/N-ethyl adjacent to an activating group) is 1. The normalized spacial score (nSPS) is 19.2. The van der Waals surface area contributed by atoms with E-state index in [0.29, 0.717) is 34.9 Å². The molecule has 1 atom stereocenters. The van der Waals surface area contributed by atoms with E-state index in [1.807, 2.05) is 0 Å². The lowest BCUT2D eigenvalue weighted by Gasteiger charge is -2.16. The Hall–Kier alpha value is -3.59. The van der Waals surface area contributed by atoms with Crippen LogP contribution < -0.4 is 5.73 Å². The lowest BCUT2D eigenvalue weighted by molar-refractivity contribution is -0.144. The van der Waals surface area contributed by atoms with Gasteiger partial charge in [0.25, 0.3) is 5.91 Å². The molecule has 28 heavy (non-hydrogen) atoms. The van der Waals surface area contributed by atoms with Crippen LogP contribution in [0, 0.1) is 0 Å². The highest BCUT2D eigenvalue weighted by molar-refractivity contribution is 5.93. The van der Waals surface area contributed by atoms with Crippen LogP contribution in [0.25, 0.3) is 22.8 Å². The number of rotatable bonds is 4. The van der Waals surface area contributed by atoms with Crippen LogP contribution in [0.2, 0.25) is 0 Å². The first kappa shape index (κ1) is 17.8. The van der Waals surface area contributed by atoms with E-state index in [0.717, 1.165) is 0 Å². The van der Waals surface area contributed by atoms with Gasteiger partial charge in [0.05, 0.1) is 17.1 Å². The molecule has 0 saturated carbocycles. The maximum atomic E-state index is 12.2. The number of hydrogen-bond donors (Lipinski definition) is 2. The molecular weight excluding hydrogens is 362 g/mol. The average Bonchev–Trinajstić information content (AvgIpc) is 3.31. The zero-order chi connectivity index (χ0) is 19.9. The van der Waals surface area contributed by atoms with Crippen molar-refractivity contribution in [2.24, 2.45) is 5.73 Å². The Morgan fingerprint density at radius 3 is 2.64 bits per heavy atom. The number of primary amides is 1. The third-order valence-corrected chi connectivity index (χ3v) is 4.75. The quantitative estimate of drug-likeness (QED) is 0.689. The summed E-state index contributed by atoms with van der Waals surface area (Å²) in [6.45, 7) is 0.432. The number of likely N-dealkylation sites (tertiary alicyclic amines) is 1. The Kier molecular flexibility index (Phi) is 4.16. The molecule has 9 heteroatoms. The van der Waals surface area contributed by atoms with E-state index in [1.54, 1.807) is 31.3 Å². The topological polar surface area (TPSA) is 135 Å². The molecule has 0 aromatic carbocycles. The van der Waals surface area contributed by atoms with Crippen LogP contribution in [-0.4, -0.2) is 50.5 Å². The first-order chi connectivity index (χ1) is 13.4. The van der Waals surface area contributed by atoms with Crippen LogP contribution in [0.3, 0.4) is 0 Å². The number of carbonyl (C=O) groups is 2. The van der Waals surface area contributed by atoms with Crippen molar-refractivity contribution >= 4 is 11.8 Å². The maximum absolute atomic E-state index is 12.2. The number of nitrogens with zero attached hydrogens (tertiary/aromatic N) is 4. The van der Waals surface area contributed by atoms with Gasteiger partial charge in [-0.15, -0.1) is 0 Å². The van der Waals surface area contributed by atoms with Gasteiger partial charge in [0.2, 0.25) is 11.5 Å². The molecule has 0 bridgehead atoms. The highest BCUT2D eigenvalue weighted by Crippen LogP contribution is 2.34. The van der Waals surface area contributed by atoms with E-state index in [9.17, 15) is 14.7 Å². The number of aliphatic hydroxyl groups is 1. The monoisotopic (exact) mass is 379 g/mol. The van der Waals surface area contributed by atoms with Crippen molar-refractivity contribution in [3.8, 4) is 22.8 Å². The van der Waals surface area contributed by atoms with Crippen LogP contribution in [0.5, 0.6) is 0 Å². The fourth-order valence-corrected chi connectivity index (χ4v) is 3.12. The second kappa shape index (κ2) is 6.54. The predicted octanol–water partition coefficient (Wildman–Crippen LogP) is 0.947. The highest BCUT2D eigenvalue weighted by atomic mass is 16.5. The summed E-state index contributed by atoms with van der Waals surface area (Å²) < 4.78 is 5.26. The fourth-order valence-electron chi connectivity index (χ4n) is 3.12. The number of pyridine rings is 2. The molecule has 9 nitrogen and oxygen atoms in total. The van der Waals surface area contributed by atoms with Gasteiger partial charge in [-0.2, -0.15) is 0 Å². The van der Waals surface area contributed by atoms with Crippen molar-refractivity contribution in [1.29, 1.82) is 0 Å². The number of nitrogens with two attached hydrogens (primary N) is 1. The van der Waals surface area contributed by atoms with Gasteiger partial charge in [0.15, 0.2) is 5.76 Å². The smallest absolute Gasteiger partial charge is 0.262 e. The molecule has 1 unspecified atom stereocenters. The summed E-state index contributed by atoms with van der Waals surface area (Å²) in [4.78, 5) is 33.8. The summed E-state index contributed by atoms with van der Waals surface area (Å²) >= 11 is 0. The lowest BCUT2D eigenvalue weighted by Crippen LogP contribution is -2.35. The third kappa shape index (κ3) is 2.91. The molecule has 1 fully saturated rings. The van der Waals surface area contributed by atoms with Crippen LogP contribution in [0.15, 0.2) is 47.1 Å². The summed E-state index contributed by atoms with van der Waals surface area (Å²) in [6, 6.07) is 9.80. The maximum Gasteiger partial charge on any atom is 0.262 e.